The lowest BCUT2D eigenvalue weighted by molar-refractivity contribution is -0.134. The number of aromatic nitrogens is 1. The second-order valence-corrected chi connectivity index (χ2v) is 7.16. The lowest BCUT2D eigenvalue weighted by Crippen LogP contribution is -2.47. The molecule has 1 aliphatic carbocycles. The number of hydrogen-bond donors (Lipinski definition) is 0. The zero-order valence-electron chi connectivity index (χ0n) is 23.4. The predicted octanol–water partition coefficient (Wildman–Crippen LogP) is 3.04. The fourth-order valence-corrected chi connectivity index (χ4v) is 4.23. The summed E-state index contributed by atoms with van der Waals surface area (Å²) in [6.45, 7) is -4.75. The van der Waals surface area contributed by atoms with Crippen LogP contribution in [-0.4, -0.2) is 58.9 Å². The quantitative estimate of drug-likeness (QED) is 0.831. The van der Waals surface area contributed by atoms with Gasteiger partial charge in [0.2, 0.25) is 11.8 Å². The van der Waals surface area contributed by atoms with Crippen molar-refractivity contribution in [3.05, 3.63) is 41.6 Å². The summed E-state index contributed by atoms with van der Waals surface area (Å²) in [5, 5.41) is 0.701. The van der Waals surface area contributed by atoms with Gasteiger partial charge in [0.25, 0.3) is 0 Å². The second-order valence-electron chi connectivity index (χ2n) is 7.16. The first-order chi connectivity index (χ1) is 16.1. The molecule has 0 radical (unpaired) electrons. The lowest BCUT2D eigenvalue weighted by atomic mass is 9.79. The molecule has 27 heavy (non-hydrogen) atoms. The van der Waals surface area contributed by atoms with Crippen LogP contribution in [0.2, 0.25) is 0 Å². The zero-order chi connectivity index (χ0) is 26.0. The van der Waals surface area contributed by atoms with Crippen LogP contribution in [-0.2, 0) is 11.2 Å². The number of nitrogens with zero attached hydrogens (tertiary/aromatic N) is 3. The Morgan fingerprint density at radius 1 is 1.33 bits per heavy atom. The van der Waals surface area contributed by atoms with Crippen LogP contribution >= 0.6 is 0 Å². The van der Waals surface area contributed by atoms with E-state index in [0.29, 0.717) is 28.5 Å². The number of benzene rings is 1. The summed E-state index contributed by atoms with van der Waals surface area (Å²) >= 11 is 0. The molecule has 1 amide bonds. The second kappa shape index (κ2) is 6.64. The molecular formula is C22H27N3O2. The lowest BCUT2D eigenvalue weighted by Gasteiger charge is -2.40. The fourth-order valence-electron chi connectivity index (χ4n) is 4.23. The molecule has 2 aliphatic rings. The molecule has 1 aliphatic heterocycles. The van der Waals surface area contributed by atoms with Gasteiger partial charge in [0.1, 0.15) is 0 Å². The van der Waals surface area contributed by atoms with E-state index in [1.54, 1.807) is 18.2 Å². The van der Waals surface area contributed by atoms with Gasteiger partial charge < -0.3 is 4.90 Å². The molecule has 2 atom stereocenters. The highest BCUT2D eigenvalue weighted by Crippen LogP contribution is 2.41. The van der Waals surface area contributed by atoms with E-state index in [-0.39, 0.29) is 30.7 Å². The van der Waals surface area contributed by atoms with E-state index in [1.165, 1.54) is 11.5 Å². The van der Waals surface area contributed by atoms with Crippen LogP contribution < -0.4 is 0 Å². The van der Waals surface area contributed by atoms with E-state index in [9.17, 15) is 9.59 Å². The molecule has 0 saturated carbocycles. The number of hydrogen-bond acceptors (Lipinski definition) is 3. The standard InChI is InChI=1S/C22H27N3O2/c1-5-24(6-2)22(27)16-10-18-17-8-7-9-19-21(17)15(13-25(19)14(3)26)11-20(18)23(4)12-16/h7-10,13,16,20H,5-6,11-12H2,1-4H3/t16-,20-/m1/s1/i1D3,2D3,7D,13D. The molecule has 4 rings (SSSR count). The Balaban J connectivity index is 1.83. The van der Waals surface area contributed by atoms with Crippen LogP contribution in [0.3, 0.4) is 0 Å². The Kier molecular flexibility index (Phi) is 2.66. The van der Waals surface area contributed by atoms with Crippen LogP contribution in [0.15, 0.2) is 30.4 Å². The van der Waals surface area contributed by atoms with Crippen molar-refractivity contribution in [3.8, 4) is 0 Å². The highest BCUT2D eigenvalue weighted by Gasteiger charge is 2.37. The minimum atomic E-state index is -2.51. The summed E-state index contributed by atoms with van der Waals surface area (Å²) in [6, 6.07) is 3.15. The maximum absolute atomic E-state index is 13.4. The Bertz CT molecular complexity index is 1230. The average Bonchev–Trinajstić information content (AvgIpc) is 2.97. The molecule has 2 aromatic rings. The van der Waals surface area contributed by atoms with Crippen LogP contribution in [0.1, 0.15) is 47.5 Å². The molecule has 2 heterocycles. The summed E-state index contributed by atoms with van der Waals surface area (Å²) in [5.41, 5.74) is 2.60. The van der Waals surface area contributed by atoms with E-state index >= 15 is 0 Å². The molecule has 0 spiro atoms. The normalized spacial score (nSPS) is 27.0. The third-order valence-electron chi connectivity index (χ3n) is 5.55. The maximum atomic E-state index is 13.4. The topological polar surface area (TPSA) is 45.6 Å². The molecular weight excluding hydrogens is 338 g/mol. The van der Waals surface area contributed by atoms with Gasteiger partial charge in [-0.2, -0.15) is 0 Å². The highest BCUT2D eigenvalue weighted by atomic mass is 16.2. The summed E-state index contributed by atoms with van der Waals surface area (Å²) < 4.78 is 63.6. The predicted molar refractivity (Wildman–Crippen MR) is 108 cm³/mol. The summed E-state index contributed by atoms with van der Waals surface area (Å²) in [6.07, 6.45) is 2.27. The molecule has 0 N–H and O–H groups in total. The monoisotopic (exact) mass is 373 g/mol. The number of likely N-dealkylation sites (N-methyl/N-ethyl adjacent to an activating group) is 1. The van der Waals surface area contributed by atoms with Crippen molar-refractivity contribution < 1.29 is 20.6 Å². The molecule has 0 saturated heterocycles. The smallest absolute Gasteiger partial charge is 0.230 e. The molecule has 0 bridgehead atoms. The molecule has 5 heteroatoms. The van der Waals surface area contributed by atoms with Crippen LogP contribution in [0.5, 0.6) is 0 Å². The van der Waals surface area contributed by atoms with E-state index in [0.717, 1.165) is 10.5 Å². The van der Waals surface area contributed by atoms with Gasteiger partial charge in [-0.05, 0) is 49.9 Å². The molecule has 0 fully saturated rings. The van der Waals surface area contributed by atoms with Gasteiger partial charge in [-0.15, -0.1) is 0 Å². The highest BCUT2D eigenvalue weighted by molar-refractivity contribution is 6.03. The van der Waals surface area contributed by atoms with Gasteiger partial charge >= 0.3 is 0 Å². The first kappa shape index (κ1) is 10.8. The largest absolute Gasteiger partial charge is 0.343 e. The minimum absolute atomic E-state index is 0.0894. The molecule has 142 valence electrons. The SMILES string of the molecule is [2H]c1cc2c3c(c([2H])n(C(C)=O)c3c1)C[C@@H]1C2=C[C@@H](C(=O)N(CC([2H])([2H])[2H])CC([2H])([2H])[2H])CN1C. The Morgan fingerprint density at radius 3 is 2.81 bits per heavy atom. The van der Waals surface area contributed by atoms with E-state index in [4.69, 9.17) is 11.0 Å². The van der Waals surface area contributed by atoms with Gasteiger partial charge in [0.05, 0.1) is 14.2 Å². The van der Waals surface area contributed by atoms with Crippen LogP contribution in [0, 0.1) is 5.92 Å². The van der Waals surface area contributed by atoms with Crippen molar-refractivity contribution in [3.63, 3.8) is 0 Å². The molecule has 5 nitrogen and oxygen atoms in total. The van der Waals surface area contributed by atoms with Crippen molar-refractivity contribution in [2.24, 2.45) is 5.92 Å². The maximum Gasteiger partial charge on any atom is 0.230 e. The Hall–Kier alpha value is -2.40. The third-order valence-corrected chi connectivity index (χ3v) is 5.55. The number of fused-ring (bicyclic) bond motifs is 2. The van der Waals surface area contributed by atoms with Crippen LogP contribution in [0.4, 0.5) is 0 Å². The number of amides is 1. The average molecular weight is 374 g/mol. The van der Waals surface area contributed by atoms with Crippen molar-refractivity contribution in [2.75, 3.05) is 26.7 Å². The van der Waals surface area contributed by atoms with Crippen molar-refractivity contribution in [2.45, 2.75) is 33.1 Å². The molecule has 1 aromatic heterocycles. The minimum Gasteiger partial charge on any atom is -0.343 e. The van der Waals surface area contributed by atoms with Gasteiger partial charge in [-0.1, -0.05) is 18.2 Å². The van der Waals surface area contributed by atoms with Crippen molar-refractivity contribution in [1.29, 1.82) is 0 Å². The Morgan fingerprint density at radius 2 is 2.11 bits per heavy atom. The molecule has 0 unspecified atom stereocenters. The molecule has 1 aromatic carbocycles. The van der Waals surface area contributed by atoms with E-state index < -0.39 is 38.6 Å². The first-order valence-electron chi connectivity index (χ1n) is 12.9. The van der Waals surface area contributed by atoms with Crippen molar-refractivity contribution in [1.82, 2.24) is 14.4 Å². The first-order valence-corrected chi connectivity index (χ1v) is 8.94. The summed E-state index contributed by atoms with van der Waals surface area (Å²) in [7, 11) is 1.81. The van der Waals surface area contributed by atoms with Gasteiger partial charge in [-0.3, -0.25) is 19.1 Å². The van der Waals surface area contributed by atoms with Gasteiger partial charge in [0.15, 0.2) is 0 Å². The number of carbonyl (C=O) groups excluding carboxylic acids is 2. The summed E-state index contributed by atoms with van der Waals surface area (Å²) in [4.78, 5) is 28.5. The van der Waals surface area contributed by atoms with E-state index in [2.05, 4.69) is 0 Å². The third kappa shape index (κ3) is 2.72. The zero-order valence-corrected chi connectivity index (χ0v) is 15.4. The fraction of sp³-hybridized carbons (Fsp3) is 0.455. The number of rotatable bonds is 3. The van der Waals surface area contributed by atoms with Crippen LogP contribution in [0.25, 0.3) is 16.5 Å². The van der Waals surface area contributed by atoms with Gasteiger partial charge in [0, 0.05) is 52.4 Å². The number of carbonyl (C=O) groups is 2. The summed E-state index contributed by atoms with van der Waals surface area (Å²) in [5.74, 6) is -1.69. The van der Waals surface area contributed by atoms with Gasteiger partial charge in [-0.25, -0.2) is 0 Å². The Labute approximate surface area is 171 Å². The van der Waals surface area contributed by atoms with E-state index in [1.807, 2.05) is 11.9 Å². The van der Waals surface area contributed by atoms with Crippen molar-refractivity contribution >= 4 is 28.3 Å².